The number of fused-ring (bicyclic) bond motifs is 1. The normalized spacial score (nSPS) is 10.8. The van der Waals surface area contributed by atoms with Gasteiger partial charge >= 0.3 is 0 Å². The van der Waals surface area contributed by atoms with Gasteiger partial charge in [0.15, 0.2) is 5.78 Å². The summed E-state index contributed by atoms with van der Waals surface area (Å²) in [5, 5.41) is 1.60. The Hall–Kier alpha value is -2.06. The summed E-state index contributed by atoms with van der Waals surface area (Å²) in [5.41, 5.74) is 2.23. The highest BCUT2D eigenvalue weighted by Crippen LogP contribution is 2.31. The van der Waals surface area contributed by atoms with Crippen LogP contribution in [0.2, 0.25) is 5.02 Å². The van der Waals surface area contributed by atoms with E-state index in [0.717, 1.165) is 16.5 Å². The third-order valence-corrected chi connectivity index (χ3v) is 3.29. The molecule has 0 saturated heterocycles. The van der Waals surface area contributed by atoms with Crippen molar-refractivity contribution in [2.24, 2.45) is 0 Å². The van der Waals surface area contributed by atoms with E-state index < -0.39 is 0 Å². The van der Waals surface area contributed by atoms with Gasteiger partial charge in [0.25, 0.3) is 0 Å². The van der Waals surface area contributed by atoms with Crippen molar-refractivity contribution in [3.05, 3.63) is 59.1 Å². The molecule has 0 aliphatic carbocycles. The summed E-state index contributed by atoms with van der Waals surface area (Å²) in [4.78, 5) is 11.6. The zero-order valence-corrected chi connectivity index (χ0v) is 11.1. The lowest BCUT2D eigenvalue weighted by Gasteiger charge is -2.02. The topological polar surface area (TPSA) is 30.2 Å². The van der Waals surface area contributed by atoms with Gasteiger partial charge < -0.3 is 4.42 Å². The monoisotopic (exact) mass is 270 g/mol. The Balaban J connectivity index is 2.22. The predicted octanol–water partition coefficient (Wildman–Crippen LogP) is 4.96. The molecular weight excluding hydrogens is 260 g/mol. The average Bonchev–Trinajstić information content (AvgIpc) is 2.81. The number of hydrogen-bond acceptors (Lipinski definition) is 2. The summed E-state index contributed by atoms with van der Waals surface area (Å²) in [7, 11) is 0. The highest BCUT2D eigenvalue weighted by molar-refractivity contribution is 6.31. The Kier molecular flexibility index (Phi) is 2.88. The fourth-order valence-corrected chi connectivity index (χ4v) is 2.33. The number of halogens is 1. The summed E-state index contributed by atoms with van der Waals surface area (Å²) in [6, 6.07) is 14.8. The van der Waals surface area contributed by atoms with E-state index in [-0.39, 0.29) is 5.78 Å². The van der Waals surface area contributed by atoms with Crippen LogP contribution in [0.1, 0.15) is 17.3 Å². The van der Waals surface area contributed by atoms with Crippen LogP contribution >= 0.6 is 11.6 Å². The van der Waals surface area contributed by atoms with Crippen LogP contribution in [0.15, 0.2) is 52.9 Å². The van der Waals surface area contributed by atoms with Crippen LogP contribution in [0, 0.1) is 0 Å². The van der Waals surface area contributed by atoms with Crippen molar-refractivity contribution in [1.29, 1.82) is 0 Å². The molecule has 0 bridgehead atoms. The van der Waals surface area contributed by atoms with Gasteiger partial charge in [-0.05, 0) is 31.2 Å². The fraction of sp³-hybridized carbons (Fsp3) is 0.0625. The molecular formula is C16H11ClO2. The minimum atomic E-state index is 0.0223. The van der Waals surface area contributed by atoms with Crippen molar-refractivity contribution >= 4 is 28.4 Å². The molecule has 0 aliphatic rings. The predicted molar refractivity (Wildman–Crippen MR) is 76.7 cm³/mol. The molecule has 0 atom stereocenters. The lowest BCUT2D eigenvalue weighted by molar-refractivity contribution is 0.101. The lowest BCUT2D eigenvalue weighted by Crippen LogP contribution is -1.94. The molecule has 3 heteroatoms. The number of rotatable bonds is 2. The molecule has 0 unspecified atom stereocenters. The van der Waals surface area contributed by atoms with Crippen LogP contribution in [-0.2, 0) is 0 Å². The number of carbonyl (C=O) groups is 1. The van der Waals surface area contributed by atoms with E-state index in [0.29, 0.717) is 16.3 Å². The van der Waals surface area contributed by atoms with Gasteiger partial charge in [-0.25, -0.2) is 0 Å². The van der Waals surface area contributed by atoms with E-state index in [2.05, 4.69) is 0 Å². The highest BCUT2D eigenvalue weighted by atomic mass is 35.5. The molecule has 0 aliphatic heterocycles. The molecule has 1 heterocycles. The Labute approximate surface area is 115 Å². The van der Waals surface area contributed by atoms with Gasteiger partial charge in [-0.3, -0.25) is 4.79 Å². The summed E-state index contributed by atoms with van der Waals surface area (Å²) >= 11 is 5.96. The number of benzene rings is 2. The van der Waals surface area contributed by atoms with Crippen molar-refractivity contribution in [2.45, 2.75) is 6.92 Å². The van der Waals surface area contributed by atoms with Gasteiger partial charge in [0, 0.05) is 21.5 Å². The molecule has 3 aromatic rings. The smallest absolute Gasteiger partial charge is 0.160 e. The van der Waals surface area contributed by atoms with Gasteiger partial charge in [0.2, 0.25) is 0 Å². The third-order valence-electron chi connectivity index (χ3n) is 3.05. The van der Waals surface area contributed by atoms with Gasteiger partial charge in [-0.1, -0.05) is 35.9 Å². The molecule has 0 saturated carbocycles. The van der Waals surface area contributed by atoms with E-state index in [1.165, 1.54) is 0 Å². The van der Waals surface area contributed by atoms with Crippen LogP contribution in [-0.4, -0.2) is 5.78 Å². The quantitative estimate of drug-likeness (QED) is 0.616. The molecule has 3 rings (SSSR count). The third kappa shape index (κ3) is 2.15. The number of ketones is 1. The first-order valence-corrected chi connectivity index (χ1v) is 6.32. The molecule has 0 spiro atoms. The number of Topliss-reactive ketones (excluding diaryl/α,β-unsaturated/α-hetero) is 1. The molecule has 1 aromatic heterocycles. The Morgan fingerprint density at radius 1 is 1.11 bits per heavy atom. The Bertz CT molecular complexity index is 771. The molecule has 0 amide bonds. The fourth-order valence-electron chi connectivity index (χ4n) is 2.15. The summed E-state index contributed by atoms with van der Waals surface area (Å²) in [6.07, 6.45) is 0. The summed E-state index contributed by atoms with van der Waals surface area (Å²) in [6.45, 7) is 1.55. The molecule has 2 aromatic carbocycles. The highest BCUT2D eigenvalue weighted by Gasteiger charge is 2.12. The van der Waals surface area contributed by atoms with Gasteiger partial charge in [-0.2, -0.15) is 0 Å². The molecule has 2 nitrogen and oxygen atoms in total. The zero-order chi connectivity index (χ0) is 13.4. The molecule has 0 radical (unpaired) electrons. The summed E-state index contributed by atoms with van der Waals surface area (Å²) < 4.78 is 5.79. The molecule has 0 N–H and O–H groups in total. The minimum Gasteiger partial charge on any atom is -0.456 e. The van der Waals surface area contributed by atoms with Crippen LogP contribution in [0.5, 0.6) is 0 Å². The van der Waals surface area contributed by atoms with E-state index in [4.69, 9.17) is 16.0 Å². The first kappa shape index (κ1) is 12.0. The van der Waals surface area contributed by atoms with Gasteiger partial charge in [0.1, 0.15) is 11.3 Å². The largest absolute Gasteiger partial charge is 0.456 e. The molecule has 0 fully saturated rings. The van der Waals surface area contributed by atoms with Crippen molar-refractivity contribution in [1.82, 2.24) is 0 Å². The number of carbonyl (C=O) groups excluding carboxylic acids is 1. The van der Waals surface area contributed by atoms with Crippen molar-refractivity contribution in [3.8, 4) is 11.3 Å². The van der Waals surface area contributed by atoms with E-state index in [9.17, 15) is 4.79 Å². The second kappa shape index (κ2) is 4.56. The van der Waals surface area contributed by atoms with Gasteiger partial charge in [-0.15, -0.1) is 0 Å². The Morgan fingerprint density at radius 3 is 2.68 bits per heavy atom. The Morgan fingerprint density at radius 2 is 1.89 bits per heavy atom. The second-order valence-electron chi connectivity index (χ2n) is 4.39. The molecule has 94 valence electrons. The maximum absolute atomic E-state index is 11.6. The first-order valence-electron chi connectivity index (χ1n) is 5.94. The van der Waals surface area contributed by atoms with Crippen molar-refractivity contribution in [2.75, 3.05) is 0 Å². The van der Waals surface area contributed by atoms with E-state index in [1.54, 1.807) is 19.1 Å². The average molecular weight is 271 g/mol. The van der Waals surface area contributed by atoms with Crippen molar-refractivity contribution < 1.29 is 9.21 Å². The van der Waals surface area contributed by atoms with E-state index >= 15 is 0 Å². The molecule has 19 heavy (non-hydrogen) atoms. The zero-order valence-electron chi connectivity index (χ0n) is 10.3. The van der Waals surface area contributed by atoms with Crippen molar-refractivity contribution in [3.63, 3.8) is 0 Å². The van der Waals surface area contributed by atoms with Crippen LogP contribution < -0.4 is 0 Å². The maximum atomic E-state index is 11.6. The van der Waals surface area contributed by atoms with Crippen LogP contribution in [0.25, 0.3) is 22.3 Å². The van der Waals surface area contributed by atoms with Crippen LogP contribution in [0.3, 0.4) is 0 Å². The van der Waals surface area contributed by atoms with E-state index in [1.807, 2.05) is 36.4 Å². The summed E-state index contributed by atoms with van der Waals surface area (Å²) in [5.74, 6) is 0.706. The van der Waals surface area contributed by atoms with Crippen LogP contribution in [0.4, 0.5) is 0 Å². The SMILES string of the molecule is CC(=O)c1ccccc1-c1cc2cc(Cl)ccc2o1. The second-order valence-corrected chi connectivity index (χ2v) is 4.83. The standard InChI is InChI=1S/C16H11ClO2/c1-10(18)13-4-2-3-5-14(13)16-9-11-8-12(17)6-7-15(11)19-16/h2-9H,1H3. The maximum Gasteiger partial charge on any atom is 0.160 e. The lowest BCUT2D eigenvalue weighted by atomic mass is 10.0. The number of hydrogen-bond donors (Lipinski definition) is 0. The number of furan rings is 1. The minimum absolute atomic E-state index is 0.0223. The first-order chi connectivity index (χ1) is 9.15. The van der Waals surface area contributed by atoms with Gasteiger partial charge in [0.05, 0.1) is 0 Å².